The van der Waals surface area contributed by atoms with Crippen molar-refractivity contribution in [2.24, 2.45) is 0 Å². The van der Waals surface area contributed by atoms with Crippen LogP contribution >= 0.6 is 0 Å². The van der Waals surface area contributed by atoms with Gasteiger partial charge >= 0.3 is 114 Å². The first-order valence-electron chi connectivity index (χ1n) is 6.19. The first-order valence-corrected chi connectivity index (χ1v) is 9.49. The fraction of sp³-hybridized carbons (Fsp3) is 0.833. The van der Waals surface area contributed by atoms with Gasteiger partial charge in [-0.2, -0.15) is 0 Å². The van der Waals surface area contributed by atoms with Gasteiger partial charge in [0.05, 0.1) is 0 Å². The summed E-state index contributed by atoms with van der Waals surface area (Å²) in [5.41, 5.74) is 0. The fourth-order valence-electron chi connectivity index (χ4n) is 1.43. The van der Waals surface area contributed by atoms with Crippen LogP contribution in [0.2, 0.25) is 7.87 Å². The molecule has 0 N–H and O–H groups in total. The summed E-state index contributed by atoms with van der Waals surface area (Å²) in [6.07, 6.45) is 1.53. The molecule has 0 amide bonds. The quantitative estimate of drug-likeness (QED) is 0.498. The van der Waals surface area contributed by atoms with Crippen LogP contribution in [0.1, 0.15) is 40.5 Å². The Morgan fingerprint density at radius 3 is 1.47 bits per heavy atom. The number of hydrogen-bond acceptors (Lipinski definition) is 4. The Balaban J connectivity index is 4.40. The Morgan fingerprint density at radius 1 is 0.882 bits per heavy atom. The SMILES string of the molecule is CCOC(=O)[CH](CC)[Sn+2][CH](CC)C(=O)OCC. The molecule has 0 fully saturated rings. The molecule has 2 unspecified atom stereocenters. The van der Waals surface area contributed by atoms with Crippen LogP contribution in [0.25, 0.3) is 0 Å². The van der Waals surface area contributed by atoms with E-state index in [2.05, 4.69) is 0 Å². The summed E-state index contributed by atoms with van der Waals surface area (Å²) in [5.74, 6) is -0.270. The Kier molecular flexibility index (Phi) is 9.59. The molecule has 0 aromatic rings. The van der Waals surface area contributed by atoms with Crippen molar-refractivity contribution in [3.05, 3.63) is 0 Å². The van der Waals surface area contributed by atoms with Gasteiger partial charge in [-0.05, 0) is 0 Å². The summed E-state index contributed by atoms with van der Waals surface area (Å²) < 4.78 is 9.99. The molecule has 0 saturated heterocycles. The van der Waals surface area contributed by atoms with E-state index in [4.69, 9.17) is 9.47 Å². The molecule has 0 aliphatic carbocycles. The maximum absolute atomic E-state index is 11.7. The molecule has 0 aliphatic heterocycles. The number of hydrogen-bond donors (Lipinski definition) is 0. The summed E-state index contributed by atoms with van der Waals surface area (Å²) in [7, 11) is 0. The standard InChI is InChI=1S/2C6H11O2.Sn/c2*1-3-5-6(7)8-4-2;/h2*5H,3-4H2,1-2H3;/q;;+2. The van der Waals surface area contributed by atoms with E-state index in [9.17, 15) is 9.59 Å². The van der Waals surface area contributed by atoms with Crippen LogP contribution in [0, 0.1) is 0 Å². The minimum atomic E-state index is -1.15. The number of carbonyl (C=O) groups is 2. The second-order valence-corrected chi connectivity index (χ2v) is 8.52. The minimum absolute atomic E-state index is 0.0343. The average Bonchev–Trinajstić information content (AvgIpc) is 2.31. The van der Waals surface area contributed by atoms with Crippen molar-refractivity contribution >= 4 is 33.1 Å². The molecule has 0 radical (unpaired) electrons. The normalized spacial score (nSPS) is 13.4. The number of esters is 2. The van der Waals surface area contributed by atoms with E-state index in [0.29, 0.717) is 13.2 Å². The second kappa shape index (κ2) is 9.74. The van der Waals surface area contributed by atoms with Crippen LogP contribution in [0.3, 0.4) is 0 Å². The number of rotatable bonds is 8. The zero-order valence-corrected chi connectivity index (χ0v) is 14.0. The summed E-state index contributed by atoms with van der Waals surface area (Å²) >= 11 is -1.15. The zero-order chi connectivity index (χ0) is 13.3. The zero-order valence-electron chi connectivity index (χ0n) is 11.1. The van der Waals surface area contributed by atoms with Gasteiger partial charge < -0.3 is 0 Å². The van der Waals surface area contributed by atoms with Crippen LogP contribution in [0.4, 0.5) is 0 Å². The number of ether oxygens (including phenoxy) is 2. The average molecular weight is 349 g/mol. The van der Waals surface area contributed by atoms with Crippen molar-refractivity contribution in [3.8, 4) is 0 Å². The van der Waals surface area contributed by atoms with E-state index in [0.717, 1.165) is 12.8 Å². The molecule has 17 heavy (non-hydrogen) atoms. The van der Waals surface area contributed by atoms with Crippen LogP contribution < -0.4 is 0 Å². The van der Waals surface area contributed by atoms with Gasteiger partial charge in [-0.1, -0.05) is 0 Å². The van der Waals surface area contributed by atoms with E-state index in [-0.39, 0.29) is 19.8 Å². The van der Waals surface area contributed by atoms with Crippen molar-refractivity contribution in [3.63, 3.8) is 0 Å². The summed E-state index contributed by atoms with van der Waals surface area (Å²) in [6, 6.07) is 0. The van der Waals surface area contributed by atoms with Crippen molar-refractivity contribution in [2.75, 3.05) is 13.2 Å². The van der Waals surface area contributed by atoms with E-state index in [1.54, 1.807) is 13.8 Å². The van der Waals surface area contributed by atoms with E-state index in [1.165, 1.54) is 0 Å². The third-order valence-corrected chi connectivity index (χ3v) is 8.33. The molecule has 0 rings (SSSR count). The molecular weight excluding hydrogens is 327 g/mol. The Hall–Kier alpha value is -0.261. The predicted octanol–water partition coefficient (Wildman–Crippen LogP) is 2.21. The molecular formula is C12H22O4Sn+2. The van der Waals surface area contributed by atoms with E-state index >= 15 is 0 Å². The van der Waals surface area contributed by atoms with Gasteiger partial charge in [0.1, 0.15) is 0 Å². The van der Waals surface area contributed by atoms with Crippen molar-refractivity contribution < 1.29 is 19.1 Å². The topological polar surface area (TPSA) is 52.6 Å². The molecule has 0 spiro atoms. The first-order chi connectivity index (χ1) is 8.10. The molecule has 0 aliphatic rings. The van der Waals surface area contributed by atoms with Crippen molar-refractivity contribution in [1.29, 1.82) is 0 Å². The third-order valence-electron chi connectivity index (χ3n) is 2.36. The molecule has 96 valence electrons. The van der Waals surface area contributed by atoms with Crippen LogP contribution in [-0.4, -0.2) is 46.3 Å². The molecule has 0 bridgehead atoms. The maximum atomic E-state index is 11.7. The third kappa shape index (κ3) is 6.29. The predicted molar refractivity (Wildman–Crippen MR) is 67.1 cm³/mol. The molecule has 0 heterocycles. The summed E-state index contributed by atoms with van der Waals surface area (Å²) in [4.78, 5) is 23.3. The Morgan fingerprint density at radius 2 is 1.24 bits per heavy atom. The van der Waals surface area contributed by atoms with Crippen molar-refractivity contribution in [1.82, 2.24) is 0 Å². The van der Waals surface area contributed by atoms with Gasteiger partial charge in [0.25, 0.3) is 0 Å². The first kappa shape index (κ1) is 16.7. The van der Waals surface area contributed by atoms with Gasteiger partial charge in [-0.25, -0.2) is 0 Å². The van der Waals surface area contributed by atoms with Crippen LogP contribution in [-0.2, 0) is 19.1 Å². The fourth-order valence-corrected chi connectivity index (χ4v) is 5.42. The van der Waals surface area contributed by atoms with Crippen molar-refractivity contribution in [2.45, 2.75) is 48.4 Å². The van der Waals surface area contributed by atoms with E-state index < -0.39 is 21.1 Å². The van der Waals surface area contributed by atoms with Gasteiger partial charge in [-0.15, -0.1) is 0 Å². The Bertz CT molecular complexity index is 219. The molecule has 5 heteroatoms. The van der Waals surface area contributed by atoms with Crippen LogP contribution in [0.15, 0.2) is 0 Å². The van der Waals surface area contributed by atoms with Gasteiger partial charge in [0.15, 0.2) is 0 Å². The molecule has 0 aromatic carbocycles. The Labute approximate surface area is 114 Å². The second-order valence-electron chi connectivity index (χ2n) is 3.59. The van der Waals surface area contributed by atoms with Gasteiger partial charge in [-0.3, -0.25) is 0 Å². The van der Waals surface area contributed by atoms with Crippen LogP contribution in [0.5, 0.6) is 0 Å². The summed E-state index contributed by atoms with van der Waals surface area (Å²) in [6.45, 7) is 8.37. The monoisotopic (exact) mass is 350 g/mol. The molecule has 4 nitrogen and oxygen atoms in total. The number of carbonyl (C=O) groups excluding carboxylic acids is 2. The molecule has 0 saturated carbocycles. The molecule has 0 aromatic heterocycles. The summed E-state index contributed by atoms with van der Waals surface area (Å²) in [5, 5.41) is 0. The van der Waals surface area contributed by atoms with E-state index in [1.807, 2.05) is 13.8 Å². The van der Waals surface area contributed by atoms with Gasteiger partial charge in [0.2, 0.25) is 0 Å². The molecule has 2 atom stereocenters. The van der Waals surface area contributed by atoms with Gasteiger partial charge in [0, 0.05) is 0 Å².